The Morgan fingerprint density at radius 2 is 1.88 bits per heavy atom. The number of likely N-dealkylation sites (tertiary alicyclic amines) is 1. The van der Waals surface area contributed by atoms with Crippen molar-refractivity contribution in [3.63, 3.8) is 0 Å². The van der Waals surface area contributed by atoms with Crippen LogP contribution < -0.4 is 5.32 Å². The fourth-order valence-corrected chi connectivity index (χ4v) is 5.55. The highest BCUT2D eigenvalue weighted by Gasteiger charge is 2.23. The van der Waals surface area contributed by atoms with Gasteiger partial charge in [-0.05, 0) is 60.7 Å². The minimum absolute atomic E-state index is 0.107. The van der Waals surface area contributed by atoms with Crippen molar-refractivity contribution in [2.45, 2.75) is 45.6 Å². The Labute approximate surface area is 233 Å². The van der Waals surface area contributed by atoms with Crippen LogP contribution >= 0.6 is 0 Å². The maximum Gasteiger partial charge on any atom is 0.219 e. The highest BCUT2D eigenvalue weighted by molar-refractivity contribution is 5.97. The van der Waals surface area contributed by atoms with Gasteiger partial charge in [0.25, 0.3) is 0 Å². The molecule has 200 valence electrons. The number of hydrogen-bond donors (Lipinski definition) is 1. The number of aromatic nitrogens is 4. The van der Waals surface area contributed by atoms with Crippen LogP contribution in [0.2, 0.25) is 0 Å². The molecule has 2 aromatic carbocycles. The molecular formula is C32H31N7O. The number of carbonyl (C=O) groups excluding carboxylic acids is 1. The van der Waals surface area contributed by atoms with E-state index in [2.05, 4.69) is 37.4 Å². The van der Waals surface area contributed by atoms with Gasteiger partial charge >= 0.3 is 0 Å². The predicted octanol–water partition coefficient (Wildman–Crippen LogP) is 6.05. The number of nitriles is 1. The van der Waals surface area contributed by atoms with Gasteiger partial charge in [-0.3, -0.25) is 9.78 Å². The fourth-order valence-electron chi connectivity index (χ4n) is 5.55. The zero-order valence-corrected chi connectivity index (χ0v) is 22.9. The van der Waals surface area contributed by atoms with Crippen LogP contribution in [-0.2, 0) is 4.79 Å². The number of nitrogens with one attached hydrogen (secondary N) is 1. The third-order valence-electron chi connectivity index (χ3n) is 7.71. The summed E-state index contributed by atoms with van der Waals surface area (Å²) in [5.74, 6) is 0.276. The minimum Gasteiger partial charge on any atom is -0.381 e. The van der Waals surface area contributed by atoms with Crippen LogP contribution in [0, 0.1) is 11.3 Å². The van der Waals surface area contributed by atoms with E-state index in [1.165, 1.54) is 0 Å². The summed E-state index contributed by atoms with van der Waals surface area (Å²) in [6.45, 7) is 7.32. The largest absolute Gasteiger partial charge is 0.381 e. The van der Waals surface area contributed by atoms with Crippen LogP contribution in [0.15, 0.2) is 67.0 Å². The van der Waals surface area contributed by atoms with E-state index in [-0.39, 0.29) is 17.9 Å². The van der Waals surface area contributed by atoms with Crippen molar-refractivity contribution in [1.82, 2.24) is 24.6 Å². The third-order valence-corrected chi connectivity index (χ3v) is 7.71. The average Bonchev–Trinajstić information content (AvgIpc) is 3.37. The number of rotatable bonds is 5. The molecule has 1 saturated heterocycles. The van der Waals surface area contributed by atoms with Crippen molar-refractivity contribution in [3.05, 3.63) is 78.2 Å². The normalized spacial score (nSPS) is 14.1. The van der Waals surface area contributed by atoms with E-state index in [0.29, 0.717) is 18.7 Å². The number of pyridine rings is 2. The van der Waals surface area contributed by atoms with Gasteiger partial charge in [-0.2, -0.15) is 10.4 Å². The molecule has 6 rings (SSSR count). The van der Waals surface area contributed by atoms with E-state index >= 15 is 0 Å². The zero-order chi connectivity index (χ0) is 27.8. The van der Waals surface area contributed by atoms with E-state index in [1.807, 2.05) is 64.4 Å². The molecule has 0 spiro atoms. The second-order valence-corrected chi connectivity index (χ2v) is 10.7. The highest BCUT2D eigenvalue weighted by atomic mass is 16.2. The highest BCUT2D eigenvalue weighted by Crippen LogP contribution is 2.35. The maximum absolute atomic E-state index is 11.7. The lowest BCUT2D eigenvalue weighted by Crippen LogP contribution is -2.41. The molecule has 0 saturated carbocycles. The first-order valence-corrected chi connectivity index (χ1v) is 13.7. The molecule has 0 aliphatic carbocycles. The summed E-state index contributed by atoms with van der Waals surface area (Å²) in [4.78, 5) is 23.1. The van der Waals surface area contributed by atoms with E-state index in [1.54, 1.807) is 6.92 Å². The second kappa shape index (κ2) is 10.4. The number of hydrogen-bond acceptors (Lipinski definition) is 6. The molecule has 1 amide bonds. The van der Waals surface area contributed by atoms with Crippen molar-refractivity contribution in [2.24, 2.45) is 0 Å². The number of para-hydroxylation sites is 1. The van der Waals surface area contributed by atoms with Gasteiger partial charge in [0.2, 0.25) is 5.91 Å². The number of fused-ring (bicyclic) bond motifs is 2. The summed E-state index contributed by atoms with van der Waals surface area (Å²) < 4.78 is 1.88. The van der Waals surface area contributed by atoms with E-state index in [9.17, 15) is 10.1 Å². The minimum atomic E-state index is 0.107. The summed E-state index contributed by atoms with van der Waals surface area (Å²) in [7, 11) is 0. The lowest BCUT2D eigenvalue weighted by Gasteiger charge is -2.32. The Balaban J connectivity index is 1.42. The number of anilines is 1. The summed E-state index contributed by atoms with van der Waals surface area (Å²) in [5, 5.41) is 20.5. The molecule has 0 radical (unpaired) electrons. The second-order valence-electron chi connectivity index (χ2n) is 10.7. The molecular weight excluding hydrogens is 498 g/mol. The summed E-state index contributed by atoms with van der Waals surface area (Å²) in [5.41, 5.74) is 6.93. The standard InChI is InChI=1S/C32H31N7O/c1-20(2)31-30-27(24-16-22-6-4-5-7-28(22)35-19-24)10-13-34-32(30)39(37-31)26-9-8-23(18-33)29(17-26)36-25-11-14-38(15-12-25)21(3)40/h4-10,13,16-17,19-20,25,36H,11-12,14-15H2,1-3H3. The molecule has 0 bridgehead atoms. The van der Waals surface area contributed by atoms with Gasteiger partial charge < -0.3 is 10.2 Å². The fraction of sp³-hybridized carbons (Fsp3) is 0.281. The van der Waals surface area contributed by atoms with E-state index in [0.717, 1.165) is 63.0 Å². The van der Waals surface area contributed by atoms with Gasteiger partial charge in [-0.25, -0.2) is 9.67 Å². The van der Waals surface area contributed by atoms with Crippen molar-refractivity contribution >= 4 is 33.5 Å². The molecule has 4 heterocycles. The Morgan fingerprint density at radius 1 is 1.07 bits per heavy atom. The summed E-state index contributed by atoms with van der Waals surface area (Å²) >= 11 is 0. The topological polar surface area (TPSA) is 99.7 Å². The lowest BCUT2D eigenvalue weighted by molar-refractivity contribution is -0.129. The van der Waals surface area contributed by atoms with Gasteiger partial charge in [0.1, 0.15) is 6.07 Å². The van der Waals surface area contributed by atoms with Crippen molar-refractivity contribution in [3.8, 4) is 22.9 Å². The van der Waals surface area contributed by atoms with Crippen molar-refractivity contribution in [1.29, 1.82) is 5.26 Å². The third kappa shape index (κ3) is 4.64. The first kappa shape index (κ1) is 25.5. The van der Waals surface area contributed by atoms with Gasteiger partial charge in [-0.15, -0.1) is 0 Å². The van der Waals surface area contributed by atoms with Crippen molar-refractivity contribution in [2.75, 3.05) is 18.4 Å². The average molecular weight is 530 g/mol. The number of nitrogens with zero attached hydrogens (tertiary/aromatic N) is 6. The molecule has 0 unspecified atom stereocenters. The number of amides is 1. The number of piperidine rings is 1. The first-order chi connectivity index (χ1) is 19.4. The monoisotopic (exact) mass is 529 g/mol. The van der Waals surface area contributed by atoms with Gasteiger partial charge in [0.15, 0.2) is 5.65 Å². The molecule has 1 aliphatic heterocycles. The molecule has 0 atom stereocenters. The maximum atomic E-state index is 11.7. The van der Waals surface area contributed by atoms with Crippen LogP contribution in [0.25, 0.3) is 38.8 Å². The molecule has 5 aromatic rings. The predicted molar refractivity (Wildman–Crippen MR) is 157 cm³/mol. The molecule has 8 nitrogen and oxygen atoms in total. The smallest absolute Gasteiger partial charge is 0.219 e. The number of benzene rings is 2. The Kier molecular flexibility index (Phi) is 6.64. The van der Waals surface area contributed by atoms with Crippen LogP contribution in [0.1, 0.15) is 50.8 Å². The summed E-state index contributed by atoms with van der Waals surface area (Å²) in [6, 6.07) is 20.6. The lowest BCUT2D eigenvalue weighted by atomic mass is 9.98. The quantitative estimate of drug-likeness (QED) is 0.297. The van der Waals surface area contributed by atoms with Gasteiger partial charge in [-0.1, -0.05) is 32.0 Å². The Morgan fingerprint density at radius 3 is 2.62 bits per heavy atom. The van der Waals surface area contributed by atoms with E-state index in [4.69, 9.17) is 15.1 Å². The Bertz CT molecular complexity index is 1770. The van der Waals surface area contributed by atoms with Crippen LogP contribution in [0.5, 0.6) is 0 Å². The Hall–Kier alpha value is -4.77. The summed E-state index contributed by atoms with van der Waals surface area (Å²) in [6.07, 6.45) is 5.41. The SMILES string of the molecule is CC(=O)N1CCC(Nc2cc(-n3nc(C(C)C)c4c(-c5cnc6ccccc6c5)ccnc43)ccc2C#N)CC1. The van der Waals surface area contributed by atoms with Crippen LogP contribution in [-0.4, -0.2) is 49.7 Å². The van der Waals surface area contributed by atoms with E-state index < -0.39 is 0 Å². The van der Waals surface area contributed by atoms with Gasteiger partial charge in [0, 0.05) is 49.4 Å². The van der Waals surface area contributed by atoms with Gasteiger partial charge in [0.05, 0.1) is 33.5 Å². The molecule has 1 fully saturated rings. The van der Waals surface area contributed by atoms with Crippen LogP contribution in [0.3, 0.4) is 0 Å². The number of carbonyl (C=O) groups is 1. The first-order valence-electron chi connectivity index (χ1n) is 13.7. The van der Waals surface area contributed by atoms with Crippen molar-refractivity contribution < 1.29 is 4.79 Å². The molecule has 1 N–H and O–H groups in total. The molecule has 3 aromatic heterocycles. The zero-order valence-electron chi connectivity index (χ0n) is 22.9. The molecule has 1 aliphatic rings. The molecule has 8 heteroatoms. The van der Waals surface area contributed by atoms with Crippen LogP contribution in [0.4, 0.5) is 5.69 Å². The molecule has 40 heavy (non-hydrogen) atoms.